The molecule has 0 aliphatic carbocycles. The predicted molar refractivity (Wildman–Crippen MR) is 78.3 cm³/mol. The molecule has 2 heterocycles. The van der Waals surface area contributed by atoms with Gasteiger partial charge < -0.3 is 10.1 Å². The number of morpholine rings is 1. The topological polar surface area (TPSA) is 76.5 Å². The quantitative estimate of drug-likeness (QED) is 0.819. The number of aryl methyl sites for hydroxylation is 1. The van der Waals surface area contributed by atoms with E-state index in [9.17, 15) is 9.59 Å². The van der Waals surface area contributed by atoms with E-state index >= 15 is 0 Å². The highest BCUT2D eigenvalue weighted by molar-refractivity contribution is 5.92. The van der Waals surface area contributed by atoms with E-state index < -0.39 is 0 Å². The first-order valence-electron chi connectivity index (χ1n) is 7.05. The van der Waals surface area contributed by atoms with E-state index in [1.165, 1.54) is 19.2 Å². The van der Waals surface area contributed by atoms with Crippen LogP contribution in [-0.4, -0.2) is 59.0 Å². The number of aromatic nitrogens is 2. The molecule has 1 fully saturated rings. The lowest BCUT2D eigenvalue weighted by atomic mass is 10.0. The molecule has 1 amide bonds. The van der Waals surface area contributed by atoms with Gasteiger partial charge in [-0.1, -0.05) is 0 Å². The van der Waals surface area contributed by atoms with Crippen LogP contribution in [-0.2, 0) is 11.8 Å². The van der Waals surface area contributed by atoms with Crippen LogP contribution in [0.1, 0.15) is 24.3 Å². The Morgan fingerprint density at radius 3 is 2.67 bits per heavy atom. The molecule has 7 nitrogen and oxygen atoms in total. The number of ether oxygens (including phenoxy) is 1. The van der Waals surface area contributed by atoms with E-state index in [2.05, 4.69) is 29.2 Å². The van der Waals surface area contributed by atoms with Gasteiger partial charge >= 0.3 is 0 Å². The first-order chi connectivity index (χ1) is 9.90. The molecule has 0 spiro atoms. The molecule has 0 bridgehead atoms. The minimum absolute atomic E-state index is 0.153. The SMILES string of the molecule is Cn1nc(C(=O)NCC(C)(C)N2CCOCC2)ccc1=O. The van der Waals surface area contributed by atoms with Crippen molar-refractivity contribution in [1.82, 2.24) is 20.0 Å². The molecule has 0 aromatic carbocycles. The summed E-state index contributed by atoms with van der Waals surface area (Å²) in [5, 5.41) is 6.83. The molecule has 0 unspecified atom stereocenters. The van der Waals surface area contributed by atoms with Gasteiger partial charge in [0.1, 0.15) is 5.69 Å². The zero-order chi connectivity index (χ0) is 15.5. The summed E-state index contributed by atoms with van der Waals surface area (Å²) in [6.07, 6.45) is 0. The van der Waals surface area contributed by atoms with Crippen molar-refractivity contribution < 1.29 is 9.53 Å². The third kappa shape index (κ3) is 3.89. The predicted octanol–water partition coefficient (Wildman–Crippen LogP) is -0.379. The highest BCUT2D eigenvalue weighted by atomic mass is 16.5. The second-order valence-electron chi connectivity index (χ2n) is 5.77. The van der Waals surface area contributed by atoms with Crippen LogP contribution >= 0.6 is 0 Å². The Labute approximate surface area is 123 Å². The van der Waals surface area contributed by atoms with Gasteiger partial charge in [0, 0.05) is 38.3 Å². The largest absolute Gasteiger partial charge is 0.379 e. The molecule has 0 atom stereocenters. The van der Waals surface area contributed by atoms with Gasteiger partial charge in [-0.2, -0.15) is 5.10 Å². The Bertz CT molecular complexity index is 562. The monoisotopic (exact) mass is 294 g/mol. The Morgan fingerprint density at radius 1 is 1.38 bits per heavy atom. The smallest absolute Gasteiger partial charge is 0.271 e. The molecule has 116 valence electrons. The van der Waals surface area contributed by atoms with Gasteiger partial charge in [0.25, 0.3) is 11.5 Å². The average Bonchev–Trinajstić information content (AvgIpc) is 2.48. The highest BCUT2D eigenvalue weighted by Crippen LogP contribution is 2.15. The average molecular weight is 294 g/mol. The fraction of sp³-hybridized carbons (Fsp3) is 0.643. The maximum absolute atomic E-state index is 12.1. The van der Waals surface area contributed by atoms with E-state index in [0.717, 1.165) is 31.0 Å². The Morgan fingerprint density at radius 2 is 2.05 bits per heavy atom. The number of amides is 1. The molecule has 2 rings (SSSR count). The number of nitrogens with one attached hydrogen (secondary N) is 1. The van der Waals surface area contributed by atoms with Crippen LogP contribution in [0.25, 0.3) is 0 Å². The van der Waals surface area contributed by atoms with Crippen LogP contribution in [0.15, 0.2) is 16.9 Å². The van der Waals surface area contributed by atoms with Crippen molar-refractivity contribution in [2.45, 2.75) is 19.4 Å². The Balaban J connectivity index is 1.96. The minimum Gasteiger partial charge on any atom is -0.379 e. The molecule has 7 heteroatoms. The molecular formula is C14H22N4O3. The normalized spacial score (nSPS) is 16.7. The van der Waals surface area contributed by atoms with Crippen molar-refractivity contribution >= 4 is 5.91 Å². The van der Waals surface area contributed by atoms with E-state index in [1.54, 1.807) is 0 Å². The number of hydrogen-bond acceptors (Lipinski definition) is 5. The van der Waals surface area contributed by atoms with Crippen molar-refractivity contribution in [3.63, 3.8) is 0 Å². The van der Waals surface area contributed by atoms with Crippen molar-refractivity contribution in [2.24, 2.45) is 7.05 Å². The van der Waals surface area contributed by atoms with Crippen LogP contribution in [0.4, 0.5) is 0 Å². The van der Waals surface area contributed by atoms with Gasteiger partial charge in [0.2, 0.25) is 0 Å². The van der Waals surface area contributed by atoms with Crippen LogP contribution in [0.3, 0.4) is 0 Å². The lowest BCUT2D eigenvalue weighted by molar-refractivity contribution is -0.00925. The van der Waals surface area contributed by atoms with Gasteiger partial charge in [-0.3, -0.25) is 14.5 Å². The van der Waals surface area contributed by atoms with Crippen LogP contribution in [0.2, 0.25) is 0 Å². The summed E-state index contributed by atoms with van der Waals surface area (Å²) >= 11 is 0. The first kappa shape index (κ1) is 15.7. The zero-order valence-electron chi connectivity index (χ0n) is 12.8. The lowest BCUT2D eigenvalue weighted by Gasteiger charge is -2.40. The molecule has 1 aliphatic heterocycles. The molecule has 1 aromatic rings. The third-order valence-corrected chi connectivity index (χ3v) is 3.74. The lowest BCUT2D eigenvalue weighted by Crippen LogP contribution is -2.55. The number of nitrogens with zero attached hydrogens (tertiary/aromatic N) is 3. The van der Waals surface area contributed by atoms with Gasteiger partial charge in [-0.25, -0.2) is 4.68 Å². The first-order valence-corrected chi connectivity index (χ1v) is 7.05. The summed E-state index contributed by atoms with van der Waals surface area (Å²) in [7, 11) is 1.52. The summed E-state index contributed by atoms with van der Waals surface area (Å²) in [6.45, 7) is 7.86. The van der Waals surface area contributed by atoms with E-state index in [1.807, 2.05) is 0 Å². The maximum Gasteiger partial charge on any atom is 0.271 e. The van der Waals surface area contributed by atoms with Crippen molar-refractivity contribution in [3.05, 3.63) is 28.2 Å². The molecule has 21 heavy (non-hydrogen) atoms. The van der Waals surface area contributed by atoms with E-state index in [0.29, 0.717) is 6.54 Å². The molecule has 1 aliphatic rings. The maximum atomic E-state index is 12.1. The standard InChI is InChI=1S/C14H22N4O3/c1-14(2,18-6-8-21-9-7-18)10-15-13(20)11-4-5-12(19)17(3)16-11/h4-5H,6-10H2,1-3H3,(H,15,20). The Kier molecular flexibility index (Phi) is 4.74. The third-order valence-electron chi connectivity index (χ3n) is 3.74. The van der Waals surface area contributed by atoms with Crippen molar-refractivity contribution in [2.75, 3.05) is 32.8 Å². The van der Waals surface area contributed by atoms with E-state index in [4.69, 9.17) is 4.74 Å². The number of rotatable bonds is 4. The second kappa shape index (κ2) is 6.36. The summed E-state index contributed by atoms with van der Waals surface area (Å²) < 4.78 is 6.50. The van der Waals surface area contributed by atoms with Crippen molar-refractivity contribution in [1.29, 1.82) is 0 Å². The minimum atomic E-state index is -0.271. The number of carbonyl (C=O) groups is 1. The summed E-state index contributed by atoms with van der Waals surface area (Å²) in [5.74, 6) is -0.271. The van der Waals surface area contributed by atoms with Crippen LogP contribution in [0.5, 0.6) is 0 Å². The molecule has 0 radical (unpaired) electrons. The van der Waals surface area contributed by atoms with Gasteiger partial charge in [-0.05, 0) is 19.9 Å². The van der Waals surface area contributed by atoms with Gasteiger partial charge in [0.15, 0.2) is 0 Å². The van der Waals surface area contributed by atoms with Crippen molar-refractivity contribution in [3.8, 4) is 0 Å². The Hall–Kier alpha value is -1.73. The molecule has 1 N–H and O–H groups in total. The van der Waals surface area contributed by atoms with Gasteiger partial charge in [0.05, 0.1) is 13.2 Å². The molecule has 1 saturated heterocycles. The van der Waals surface area contributed by atoms with E-state index in [-0.39, 0.29) is 22.7 Å². The second-order valence-corrected chi connectivity index (χ2v) is 5.77. The van der Waals surface area contributed by atoms with Crippen LogP contribution < -0.4 is 10.9 Å². The fourth-order valence-electron chi connectivity index (χ4n) is 2.29. The molecule has 0 saturated carbocycles. The summed E-state index contributed by atoms with van der Waals surface area (Å²) in [6, 6.07) is 2.79. The van der Waals surface area contributed by atoms with Crippen LogP contribution in [0, 0.1) is 0 Å². The fourth-order valence-corrected chi connectivity index (χ4v) is 2.29. The molecule has 1 aromatic heterocycles. The van der Waals surface area contributed by atoms with Gasteiger partial charge in [-0.15, -0.1) is 0 Å². The number of carbonyl (C=O) groups excluding carboxylic acids is 1. The number of hydrogen-bond donors (Lipinski definition) is 1. The summed E-state index contributed by atoms with van der Waals surface area (Å²) in [5.41, 5.74) is -0.143. The highest BCUT2D eigenvalue weighted by Gasteiger charge is 2.28. The summed E-state index contributed by atoms with van der Waals surface area (Å²) in [4.78, 5) is 25.7. The zero-order valence-corrected chi connectivity index (χ0v) is 12.8. The molecular weight excluding hydrogens is 272 g/mol.